The Balaban J connectivity index is 1.81. The summed E-state index contributed by atoms with van der Waals surface area (Å²) in [6, 6.07) is 4.32. The van der Waals surface area contributed by atoms with E-state index in [1.807, 2.05) is 12.4 Å². The van der Waals surface area contributed by atoms with Gasteiger partial charge in [0.2, 0.25) is 0 Å². The van der Waals surface area contributed by atoms with E-state index in [-0.39, 0.29) is 0 Å². The van der Waals surface area contributed by atoms with Crippen LogP contribution in [0.3, 0.4) is 0 Å². The Bertz CT molecular complexity index is 428. The maximum atomic E-state index is 4.32. The molecule has 3 nitrogen and oxygen atoms in total. The Kier molecular flexibility index (Phi) is 3.74. The van der Waals surface area contributed by atoms with Gasteiger partial charge in [0.25, 0.3) is 0 Å². The van der Waals surface area contributed by atoms with Gasteiger partial charge in [-0.1, -0.05) is 6.92 Å². The van der Waals surface area contributed by atoms with Gasteiger partial charge < -0.3 is 10.2 Å². The zero-order valence-corrected chi connectivity index (χ0v) is 12.1. The minimum atomic E-state index is 0.659. The van der Waals surface area contributed by atoms with E-state index in [9.17, 15) is 0 Å². The highest BCUT2D eigenvalue weighted by Crippen LogP contribution is 2.34. The largest absolute Gasteiger partial charge is 0.365 e. The summed E-state index contributed by atoms with van der Waals surface area (Å²) < 4.78 is 0. The van der Waals surface area contributed by atoms with Crippen molar-refractivity contribution >= 4 is 5.69 Å². The van der Waals surface area contributed by atoms with Crippen LogP contribution in [0.4, 0.5) is 5.69 Å². The maximum Gasteiger partial charge on any atom is 0.0447 e. The molecule has 1 saturated carbocycles. The molecule has 0 spiro atoms. The minimum Gasteiger partial charge on any atom is -0.365 e. The second kappa shape index (κ2) is 5.49. The molecule has 2 aliphatic rings. The first-order valence-corrected chi connectivity index (χ1v) is 7.74. The molecule has 3 rings (SSSR count). The first kappa shape index (κ1) is 12.9. The molecule has 1 N–H and O–H groups in total. The van der Waals surface area contributed by atoms with Gasteiger partial charge in [-0.3, -0.25) is 4.98 Å². The SMILES string of the molecule is CCC1CCC(C)N1c1ccncc1CNC1CC1. The van der Waals surface area contributed by atoms with E-state index in [4.69, 9.17) is 0 Å². The quantitative estimate of drug-likeness (QED) is 0.880. The number of hydrogen-bond donors (Lipinski definition) is 1. The highest BCUT2D eigenvalue weighted by molar-refractivity contribution is 5.55. The summed E-state index contributed by atoms with van der Waals surface area (Å²) in [7, 11) is 0. The molecule has 2 atom stereocenters. The van der Waals surface area contributed by atoms with Gasteiger partial charge in [0.15, 0.2) is 0 Å². The van der Waals surface area contributed by atoms with Crippen LogP contribution in [0.1, 0.15) is 51.5 Å². The fraction of sp³-hybridized carbons (Fsp3) is 0.688. The summed E-state index contributed by atoms with van der Waals surface area (Å²) in [5.74, 6) is 0. The Hall–Kier alpha value is -1.09. The van der Waals surface area contributed by atoms with Crippen molar-refractivity contribution < 1.29 is 0 Å². The smallest absolute Gasteiger partial charge is 0.0447 e. The van der Waals surface area contributed by atoms with E-state index in [1.54, 1.807) is 0 Å². The summed E-state index contributed by atoms with van der Waals surface area (Å²) in [4.78, 5) is 6.95. The van der Waals surface area contributed by atoms with Crippen molar-refractivity contribution in [2.75, 3.05) is 4.90 Å². The van der Waals surface area contributed by atoms with Crippen molar-refractivity contribution in [2.24, 2.45) is 0 Å². The molecule has 19 heavy (non-hydrogen) atoms. The van der Waals surface area contributed by atoms with Gasteiger partial charge in [0.1, 0.15) is 0 Å². The number of aromatic nitrogens is 1. The topological polar surface area (TPSA) is 28.2 Å². The molecule has 3 heteroatoms. The van der Waals surface area contributed by atoms with Gasteiger partial charge >= 0.3 is 0 Å². The lowest BCUT2D eigenvalue weighted by Crippen LogP contribution is -2.35. The van der Waals surface area contributed by atoms with Crippen LogP contribution in [-0.2, 0) is 6.54 Å². The number of hydrogen-bond acceptors (Lipinski definition) is 3. The van der Waals surface area contributed by atoms with E-state index >= 15 is 0 Å². The molecule has 0 aromatic carbocycles. The molecule has 1 aliphatic heterocycles. The third-order valence-corrected chi connectivity index (χ3v) is 4.57. The van der Waals surface area contributed by atoms with Crippen LogP contribution in [0, 0.1) is 0 Å². The normalized spacial score (nSPS) is 26.9. The van der Waals surface area contributed by atoms with Crippen LogP contribution < -0.4 is 10.2 Å². The highest BCUT2D eigenvalue weighted by Gasteiger charge is 2.31. The lowest BCUT2D eigenvalue weighted by Gasteiger charge is -2.32. The van der Waals surface area contributed by atoms with Gasteiger partial charge in [-0.25, -0.2) is 0 Å². The average molecular weight is 259 g/mol. The molecule has 1 aliphatic carbocycles. The lowest BCUT2D eigenvalue weighted by molar-refractivity contribution is 0.618. The molecule has 104 valence electrons. The Labute approximate surface area is 116 Å². The first-order chi connectivity index (χ1) is 9.29. The summed E-state index contributed by atoms with van der Waals surface area (Å²) >= 11 is 0. The fourth-order valence-electron chi connectivity index (χ4n) is 3.26. The Morgan fingerprint density at radius 1 is 1.32 bits per heavy atom. The molecule has 2 heterocycles. The number of pyridine rings is 1. The van der Waals surface area contributed by atoms with Crippen molar-refractivity contribution in [1.29, 1.82) is 0 Å². The molecule has 1 aromatic rings. The number of nitrogens with zero attached hydrogens (tertiary/aromatic N) is 2. The molecular formula is C16H25N3. The third-order valence-electron chi connectivity index (χ3n) is 4.57. The standard InChI is InChI=1S/C16H25N3/c1-3-15-7-4-12(2)19(15)16-8-9-17-10-13(16)11-18-14-5-6-14/h8-10,12,14-15,18H,3-7,11H2,1-2H3. The van der Waals surface area contributed by atoms with E-state index in [0.29, 0.717) is 12.1 Å². The zero-order chi connectivity index (χ0) is 13.2. The predicted octanol–water partition coefficient (Wildman–Crippen LogP) is 3.10. The summed E-state index contributed by atoms with van der Waals surface area (Å²) in [5.41, 5.74) is 2.77. The molecule has 0 radical (unpaired) electrons. The van der Waals surface area contributed by atoms with E-state index in [2.05, 4.69) is 35.1 Å². The molecule has 0 bridgehead atoms. The van der Waals surface area contributed by atoms with Crippen molar-refractivity contribution in [3.8, 4) is 0 Å². The van der Waals surface area contributed by atoms with Crippen molar-refractivity contribution in [3.05, 3.63) is 24.0 Å². The van der Waals surface area contributed by atoms with Crippen molar-refractivity contribution in [2.45, 2.75) is 70.6 Å². The summed E-state index contributed by atoms with van der Waals surface area (Å²) in [6.07, 6.45) is 10.5. The average Bonchev–Trinajstić information content (AvgIpc) is 3.19. The predicted molar refractivity (Wildman–Crippen MR) is 79.4 cm³/mol. The fourth-order valence-corrected chi connectivity index (χ4v) is 3.26. The second-order valence-electron chi connectivity index (χ2n) is 6.06. The van der Waals surface area contributed by atoms with Crippen LogP contribution >= 0.6 is 0 Å². The Morgan fingerprint density at radius 2 is 2.16 bits per heavy atom. The summed E-state index contributed by atoms with van der Waals surface area (Å²) in [5, 5.41) is 3.62. The van der Waals surface area contributed by atoms with Crippen LogP contribution in [0.5, 0.6) is 0 Å². The van der Waals surface area contributed by atoms with Crippen LogP contribution in [0.25, 0.3) is 0 Å². The maximum absolute atomic E-state index is 4.32. The van der Waals surface area contributed by atoms with Crippen molar-refractivity contribution in [3.63, 3.8) is 0 Å². The molecule has 1 saturated heterocycles. The molecular weight excluding hydrogens is 234 g/mol. The number of rotatable bonds is 5. The van der Waals surface area contributed by atoms with Crippen molar-refractivity contribution in [1.82, 2.24) is 10.3 Å². The molecule has 1 aromatic heterocycles. The van der Waals surface area contributed by atoms with Gasteiger partial charge in [0, 0.05) is 48.3 Å². The third kappa shape index (κ3) is 2.76. The number of nitrogens with one attached hydrogen (secondary N) is 1. The lowest BCUT2D eigenvalue weighted by atomic mass is 10.1. The Morgan fingerprint density at radius 3 is 2.89 bits per heavy atom. The summed E-state index contributed by atoms with van der Waals surface area (Å²) in [6.45, 7) is 5.63. The number of anilines is 1. The van der Waals surface area contributed by atoms with E-state index < -0.39 is 0 Å². The van der Waals surface area contributed by atoms with Crippen LogP contribution in [-0.4, -0.2) is 23.1 Å². The molecule has 0 amide bonds. The van der Waals surface area contributed by atoms with Gasteiger partial charge in [-0.05, 0) is 45.1 Å². The second-order valence-corrected chi connectivity index (χ2v) is 6.06. The van der Waals surface area contributed by atoms with E-state index in [0.717, 1.165) is 12.6 Å². The first-order valence-electron chi connectivity index (χ1n) is 7.74. The molecule has 2 fully saturated rings. The molecule has 2 unspecified atom stereocenters. The van der Waals surface area contributed by atoms with Gasteiger partial charge in [-0.15, -0.1) is 0 Å². The van der Waals surface area contributed by atoms with E-state index in [1.165, 1.54) is 43.4 Å². The minimum absolute atomic E-state index is 0.659. The zero-order valence-electron chi connectivity index (χ0n) is 12.1. The van der Waals surface area contributed by atoms with Crippen LogP contribution in [0.2, 0.25) is 0 Å². The van der Waals surface area contributed by atoms with Crippen LogP contribution in [0.15, 0.2) is 18.5 Å². The monoisotopic (exact) mass is 259 g/mol. The highest BCUT2D eigenvalue weighted by atomic mass is 15.2. The van der Waals surface area contributed by atoms with Gasteiger partial charge in [0.05, 0.1) is 0 Å². The van der Waals surface area contributed by atoms with Gasteiger partial charge in [-0.2, -0.15) is 0 Å².